The first kappa shape index (κ1) is 17.0. The number of benzene rings is 1. The van der Waals surface area contributed by atoms with Crippen LogP contribution in [0.4, 0.5) is 0 Å². The monoisotopic (exact) mass is 317 g/mol. The van der Waals surface area contributed by atoms with Gasteiger partial charge in [-0.2, -0.15) is 5.10 Å². The molecule has 1 aromatic heterocycles. The fourth-order valence-corrected chi connectivity index (χ4v) is 2.94. The Hall–Kier alpha value is -2.34. The molecule has 0 spiro atoms. The summed E-state index contributed by atoms with van der Waals surface area (Å²) in [5.74, 6) is -0.0815. The summed E-state index contributed by atoms with van der Waals surface area (Å²) in [6.07, 6.45) is 1.75. The minimum atomic E-state index is -0.995. The summed E-state index contributed by atoms with van der Waals surface area (Å²) in [4.78, 5) is 13.3. The minimum Gasteiger partial charge on any atom is -0.496 e. The smallest absolute Gasteiger partial charge is 0.356 e. The van der Waals surface area contributed by atoms with Gasteiger partial charge in [0.2, 0.25) is 0 Å². The lowest BCUT2D eigenvalue weighted by Gasteiger charge is -2.18. The highest BCUT2D eigenvalue weighted by molar-refractivity contribution is 5.86. The Kier molecular flexibility index (Phi) is 5.05. The Balaban J connectivity index is 2.14. The molecule has 6 heteroatoms. The topological polar surface area (TPSA) is 67.6 Å². The van der Waals surface area contributed by atoms with Crippen LogP contribution in [0.25, 0.3) is 0 Å². The van der Waals surface area contributed by atoms with E-state index in [1.807, 2.05) is 20.9 Å². The van der Waals surface area contributed by atoms with Crippen LogP contribution in [0.5, 0.6) is 5.75 Å². The molecule has 0 fully saturated rings. The Bertz CT molecular complexity index is 699. The second-order valence-electron chi connectivity index (χ2n) is 5.92. The van der Waals surface area contributed by atoms with Crippen molar-refractivity contribution in [3.63, 3.8) is 0 Å². The predicted octanol–water partition coefficient (Wildman–Crippen LogP) is 2.38. The van der Waals surface area contributed by atoms with E-state index in [9.17, 15) is 9.90 Å². The van der Waals surface area contributed by atoms with E-state index in [1.165, 1.54) is 10.2 Å². The number of carboxylic acid groups (broad SMARTS) is 1. The number of carbonyl (C=O) groups is 1. The number of aryl methyl sites for hydroxylation is 3. The lowest BCUT2D eigenvalue weighted by atomic mass is 10.1. The number of methoxy groups -OCH3 is 1. The second kappa shape index (κ2) is 6.83. The zero-order chi connectivity index (χ0) is 17.1. The zero-order valence-electron chi connectivity index (χ0n) is 14.3. The SMILES string of the molecule is COc1c(C)cc(CN(C)Cc2cn(C)nc2C(=O)O)cc1C. The highest BCUT2D eigenvalue weighted by atomic mass is 16.5. The molecular weight excluding hydrogens is 294 g/mol. The van der Waals surface area contributed by atoms with E-state index in [2.05, 4.69) is 22.1 Å². The van der Waals surface area contributed by atoms with Crippen LogP contribution in [0.15, 0.2) is 18.3 Å². The Morgan fingerprint density at radius 2 is 1.91 bits per heavy atom. The van der Waals surface area contributed by atoms with Crippen molar-refractivity contribution in [2.45, 2.75) is 26.9 Å². The molecule has 1 N–H and O–H groups in total. The molecule has 124 valence electrons. The molecule has 0 aliphatic carbocycles. The molecular formula is C17H23N3O3. The maximum absolute atomic E-state index is 11.2. The number of rotatable bonds is 6. The molecule has 0 aliphatic heterocycles. The fourth-order valence-electron chi connectivity index (χ4n) is 2.94. The van der Waals surface area contributed by atoms with Crippen molar-refractivity contribution in [1.82, 2.24) is 14.7 Å². The average Bonchev–Trinajstić information content (AvgIpc) is 2.79. The maximum Gasteiger partial charge on any atom is 0.356 e. The van der Waals surface area contributed by atoms with Crippen LogP contribution < -0.4 is 4.74 Å². The van der Waals surface area contributed by atoms with Gasteiger partial charge in [0.05, 0.1) is 7.11 Å². The first-order valence-corrected chi connectivity index (χ1v) is 7.40. The van der Waals surface area contributed by atoms with Gasteiger partial charge < -0.3 is 9.84 Å². The van der Waals surface area contributed by atoms with Gasteiger partial charge >= 0.3 is 5.97 Å². The zero-order valence-corrected chi connectivity index (χ0v) is 14.3. The van der Waals surface area contributed by atoms with E-state index < -0.39 is 5.97 Å². The van der Waals surface area contributed by atoms with Crippen molar-refractivity contribution in [2.75, 3.05) is 14.2 Å². The predicted molar refractivity (Wildman–Crippen MR) is 87.8 cm³/mol. The Morgan fingerprint density at radius 3 is 2.43 bits per heavy atom. The molecule has 2 rings (SSSR count). The summed E-state index contributed by atoms with van der Waals surface area (Å²) in [5.41, 5.74) is 4.20. The molecule has 0 unspecified atom stereocenters. The molecule has 0 saturated carbocycles. The first-order valence-electron chi connectivity index (χ1n) is 7.40. The Morgan fingerprint density at radius 1 is 1.30 bits per heavy atom. The van der Waals surface area contributed by atoms with Gasteiger partial charge in [0.15, 0.2) is 5.69 Å². The van der Waals surface area contributed by atoms with Crippen LogP contribution in [0.1, 0.15) is 32.7 Å². The van der Waals surface area contributed by atoms with Gasteiger partial charge in [-0.05, 0) is 37.6 Å². The lowest BCUT2D eigenvalue weighted by Crippen LogP contribution is -2.18. The molecule has 0 saturated heterocycles. The summed E-state index contributed by atoms with van der Waals surface area (Å²) in [6, 6.07) is 4.20. The van der Waals surface area contributed by atoms with Crippen LogP contribution in [-0.2, 0) is 20.1 Å². The standard InChI is InChI=1S/C17H23N3O3/c1-11-6-13(7-12(2)16(11)23-5)8-19(3)9-14-10-20(4)18-15(14)17(21)22/h6-7,10H,8-9H2,1-5H3,(H,21,22). The van der Waals surface area contributed by atoms with Gasteiger partial charge in [0.25, 0.3) is 0 Å². The highest BCUT2D eigenvalue weighted by Gasteiger charge is 2.16. The summed E-state index contributed by atoms with van der Waals surface area (Å²) in [6.45, 7) is 5.30. The van der Waals surface area contributed by atoms with Crippen molar-refractivity contribution >= 4 is 5.97 Å². The number of nitrogens with zero attached hydrogens (tertiary/aromatic N) is 3. The van der Waals surface area contributed by atoms with Gasteiger partial charge in [-0.15, -0.1) is 0 Å². The van der Waals surface area contributed by atoms with Crippen LogP contribution >= 0.6 is 0 Å². The molecule has 0 bridgehead atoms. The third-order valence-electron chi connectivity index (χ3n) is 3.72. The van der Waals surface area contributed by atoms with Gasteiger partial charge in [0, 0.05) is 31.9 Å². The van der Waals surface area contributed by atoms with E-state index in [4.69, 9.17) is 4.74 Å². The number of ether oxygens (including phenoxy) is 1. The normalized spacial score (nSPS) is 11.0. The lowest BCUT2D eigenvalue weighted by molar-refractivity contribution is 0.0687. The maximum atomic E-state index is 11.2. The third-order valence-corrected chi connectivity index (χ3v) is 3.72. The largest absolute Gasteiger partial charge is 0.496 e. The third kappa shape index (κ3) is 3.90. The first-order chi connectivity index (χ1) is 10.8. The van der Waals surface area contributed by atoms with E-state index in [1.54, 1.807) is 20.4 Å². The molecule has 0 radical (unpaired) electrons. The molecule has 1 aromatic carbocycles. The van der Waals surface area contributed by atoms with E-state index in [0.717, 1.165) is 23.4 Å². The molecule has 0 atom stereocenters. The van der Waals surface area contributed by atoms with Gasteiger partial charge in [-0.3, -0.25) is 9.58 Å². The number of hydrogen-bond acceptors (Lipinski definition) is 4. The summed E-state index contributed by atoms with van der Waals surface area (Å²) >= 11 is 0. The quantitative estimate of drug-likeness (QED) is 0.886. The number of hydrogen-bond donors (Lipinski definition) is 1. The van der Waals surface area contributed by atoms with Crippen molar-refractivity contribution in [1.29, 1.82) is 0 Å². The van der Waals surface area contributed by atoms with Crippen LogP contribution in [0.2, 0.25) is 0 Å². The van der Waals surface area contributed by atoms with Gasteiger partial charge in [0.1, 0.15) is 5.75 Å². The van der Waals surface area contributed by atoms with Crippen LogP contribution in [0, 0.1) is 13.8 Å². The van der Waals surface area contributed by atoms with Crippen molar-refractivity contribution in [3.8, 4) is 5.75 Å². The van der Waals surface area contributed by atoms with E-state index in [0.29, 0.717) is 12.1 Å². The van der Waals surface area contributed by atoms with Crippen molar-refractivity contribution in [2.24, 2.45) is 7.05 Å². The molecule has 2 aromatic rings. The van der Waals surface area contributed by atoms with Crippen molar-refractivity contribution in [3.05, 3.63) is 46.3 Å². The minimum absolute atomic E-state index is 0.112. The summed E-state index contributed by atoms with van der Waals surface area (Å²) in [7, 11) is 5.37. The van der Waals surface area contributed by atoms with Crippen LogP contribution in [-0.4, -0.2) is 39.9 Å². The Labute approximate surface area is 136 Å². The molecule has 1 heterocycles. The molecule has 23 heavy (non-hydrogen) atoms. The highest BCUT2D eigenvalue weighted by Crippen LogP contribution is 2.25. The van der Waals surface area contributed by atoms with Crippen LogP contribution in [0.3, 0.4) is 0 Å². The van der Waals surface area contributed by atoms with Gasteiger partial charge in [-0.25, -0.2) is 4.79 Å². The second-order valence-corrected chi connectivity index (χ2v) is 5.92. The van der Waals surface area contributed by atoms with Crippen molar-refractivity contribution < 1.29 is 14.6 Å². The fraction of sp³-hybridized carbons (Fsp3) is 0.412. The molecule has 6 nitrogen and oxygen atoms in total. The molecule has 0 amide bonds. The van der Waals surface area contributed by atoms with E-state index >= 15 is 0 Å². The summed E-state index contributed by atoms with van der Waals surface area (Å²) in [5, 5.41) is 13.2. The average molecular weight is 317 g/mol. The molecule has 0 aliphatic rings. The number of aromatic nitrogens is 2. The number of aromatic carboxylic acids is 1. The van der Waals surface area contributed by atoms with Gasteiger partial charge in [-0.1, -0.05) is 12.1 Å². The number of carboxylic acids is 1. The van der Waals surface area contributed by atoms with E-state index in [-0.39, 0.29) is 5.69 Å². The summed E-state index contributed by atoms with van der Waals surface area (Å²) < 4.78 is 6.92.